The highest BCUT2D eigenvalue weighted by molar-refractivity contribution is 6.32. The standard InChI is InChI=1S/C21H18ClF5N4O3/c1-3-30-19(10-32)29-31(20(30)33)17-9-18(34-11(2)21(25,26)27)12(7-15(17)24)14(23)8-16-13(22)5-4-6-28-16/h4-9,11,32H,3,10H2,1-2H3/b14-8-/t11-/m0/s1. The van der Waals surface area contributed by atoms with Crippen LogP contribution in [0.1, 0.15) is 30.9 Å². The van der Waals surface area contributed by atoms with Crippen molar-refractivity contribution in [3.63, 3.8) is 0 Å². The first kappa shape index (κ1) is 25.4. The molecule has 0 saturated carbocycles. The molecular weight excluding hydrogens is 487 g/mol. The van der Waals surface area contributed by atoms with Crippen molar-refractivity contribution in [3.05, 3.63) is 68.9 Å². The van der Waals surface area contributed by atoms with E-state index >= 15 is 8.78 Å². The molecule has 0 saturated heterocycles. The Bertz CT molecular complexity index is 1290. The molecule has 0 amide bonds. The average Bonchev–Trinajstić information content (AvgIpc) is 3.10. The zero-order chi connectivity index (χ0) is 25.2. The maximum absolute atomic E-state index is 15.1. The van der Waals surface area contributed by atoms with Gasteiger partial charge in [0, 0.05) is 24.9 Å². The van der Waals surface area contributed by atoms with Crippen molar-refractivity contribution in [1.82, 2.24) is 19.3 Å². The highest BCUT2D eigenvalue weighted by Gasteiger charge is 2.39. The van der Waals surface area contributed by atoms with E-state index < -0.39 is 53.2 Å². The molecule has 1 N–H and O–H groups in total. The second-order valence-corrected chi connectivity index (χ2v) is 7.38. The fourth-order valence-corrected chi connectivity index (χ4v) is 3.15. The van der Waals surface area contributed by atoms with Crippen LogP contribution in [0, 0.1) is 5.82 Å². The van der Waals surface area contributed by atoms with Gasteiger partial charge in [0.1, 0.15) is 29.7 Å². The van der Waals surface area contributed by atoms with Crippen molar-refractivity contribution < 1.29 is 31.8 Å². The zero-order valence-electron chi connectivity index (χ0n) is 17.8. The molecule has 0 radical (unpaired) electrons. The maximum atomic E-state index is 15.1. The lowest BCUT2D eigenvalue weighted by atomic mass is 10.1. The van der Waals surface area contributed by atoms with Crippen LogP contribution >= 0.6 is 11.6 Å². The molecule has 0 bridgehead atoms. The summed E-state index contributed by atoms with van der Waals surface area (Å²) in [4.78, 5) is 16.4. The molecule has 3 aromatic rings. The fourth-order valence-electron chi connectivity index (χ4n) is 2.98. The van der Waals surface area contributed by atoms with Crippen LogP contribution in [0.25, 0.3) is 17.6 Å². The van der Waals surface area contributed by atoms with E-state index in [4.69, 9.17) is 16.3 Å². The Balaban J connectivity index is 2.21. The van der Waals surface area contributed by atoms with Crippen LogP contribution < -0.4 is 10.4 Å². The number of aliphatic hydroxyl groups excluding tert-OH is 1. The van der Waals surface area contributed by atoms with Gasteiger partial charge < -0.3 is 9.84 Å². The molecule has 2 heterocycles. The van der Waals surface area contributed by atoms with Gasteiger partial charge in [-0.3, -0.25) is 9.55 Å². The normalized spacial score (nSPS) is 13.3. The first-order valence-electron chi connectivity index (χ1n) is 9.82. The van der Waals surface area contributed by atoms with E-state index in [-0.39, 0.29) is 23.1 Å². The van der Waals surface area contributed by atoms with Gasteiger partial charge in [-0.05, 0) is 32.0 Å². The lowest BCUT2D eigenvalue weighted by molar-refractivity contribution is -0.189. The third-order valence-corrected chi connectivity index (χ3v) is 5.07. The summed E-state index contributed by atoms with van der Waals surface area (Å²) in [5, 5.41) is 13.3. The molecule has 1 aromatic carbocycles. The number of alkyl halides is 3. The van der Waals surface area contributed by atoms with Crippen molar-refractivity contribution in [2.24, 2.45) is 0 Å². The number of pyridine rings is 1. The van der Waals surface area contributed by atoms with Crippen LogP contribution in [0.4, 0.5) is 22.0 Å². The van der Waals surface area contributed by atoms with Gasteiger partial charge >= 0.3 is 11.9 Å². The predicted octanol–water partition coefficient (Wildman–Crippen LogP) is 4.53. The second-order valence-electron chi connectivity index (χ2n) is 6.98. The number of aromatic nitrogens is 4. The molecule has 34 heavy (non-hydrogen) atoms. The molecule has 1 atom stereocenters. The molecule has 0 aliphatic heterocycles. The highest BCUT2D eigenvalue weighted by Crippen LogP contribution is 2.35. The first-order valence-corrected chi connectivity index (χ1v) is 10.2. The highest BCUT2D eigenvalue weighted by atomic mass is 35.5. The molecule has 13 heteroatoms. The monoisotopic (exact) mass is 504 g/mol. The molecule has 7 nitrogen and oxygen atoms in total. The van der Waals surface area contributed by atoms with Crippen molar-refractivity contribution >= 4 is 23.5 Å². The predicted molar refractivity (Wildman–Crippen MR) is 114 cm³/mol. The van der Waals surface area contributed by atoms with Crippen LogP contribution in [-0.2, 0) is 13.2 Å². The number of halogens is 6. The van der Waals surface area contributed by atoms with Crippen LogP contribution in [0.5, 0.6) is 5.75 Å². The van der Waals surface area contributed by atoms with E-state index in [2.05, 4.69) is 10.1 Å². The van der Waals surface area contributed by atoms with Crippen molar-refractivity contribution in [2.75, 3.05) is 0 Å². The number of ether oxygens (including phenoxy) is 1. The lowest BCUT2D eigenvalue weighted by Gasteiger charge is -2.20. The van der Waals surface area contributed by atoms with E-state index in [1.807, 2.05) is 0 Å². The Morgan fingerprint density at radius 1 is 1.35 bits per heavy atom. The Morgan fingerprint density at radius 2 is 2.06 bits per heavy atom. The van der Waals surface area contributed by atoms with Crippen molar-refractivity contribution in [2.45, 2.75) is 39.3 Å². The van der Waals surface area contributed by atoms with E-state index in [9.17, 15) is 23.1 Å². The third kappa shape index (κ3) is 5.12. The van der Waals surface area contributed by atoms with Gasteiger partial charge in [0.05, 0.1) is 16.3 Å². The number of aliphatic hydroxyl groups is 1. The smallest absolute Gasteiger partial charge is 0.425 e. The van der Waals surface area contributed by atoms with Gasteiger partial charge in [0.2, 0.25) is 0 Å². The first-order chi connectivity index (χ1) is 16.0. The van der Waals surface area contributed by atoms with E-state index in [1.54, 1.807) is 6.92 Å². The van der Waals surface area contributed by atoms with E-state index in [1.165, 1.54) is 18.3 Å². The van der Waals surface area contributed by atoms with E-state index in [0.29, 0.717) is 17.7 Å². The average molecular weight is 505 g/mol. The summed E-state index contributed by atoms with van der Waals surface area (Å²) < 4.78 is 76.1. The number of hydrogen-bond acceptors (Lipinski definition) is 5. The molecule has 2 aromatic heterocycles. The van der Waals surface area contributed by atoms with Crippen LogP contribution in [-0.4, -0.2) is 36.7 Å². The van der Waals surface area contributed by atoms with Gasteiger partial charge in [-0.1, -0.05) is 11.6 Å². The number of nitrogens with zero attached hydrogens (tertiary/aromatic N) is 4. The van der Waals surface area contributed by atoms with E-state index in [0.717, 1.165) is 16.7 Å². The van der Waals surface area contributed by atoms with Gasteiger partial charge in [-0.15, -0.1) is 5.10 Å². The Kier molecular flexibility index (Phi) is 7.41. The van der Waals surface area contributed by atoms with Gasteiger partial charge in [-0.25, -0.2) is 13.6 Å². The summed E-state index contributed by atoms with van der Waals surface area (Å²) in [6.45, 7) is 1.71. The molecular formula is C21H18ClF5N4O3. The minimum absolute atomic E-state index is 0.0496. The molecule has 3 rings (SSSR count). The summed E-state index contributed by atoms with van der Waals surface area (Å²) in [7, 11) is 0. The fraction of sp³-hybridized carbons (Fsp3) is 0.286. The summed E-state index contributed by atoms with van der Waals surface area (Å²) in [6.07, 6.45) is -5.09. The number of hydrogen-bond donors (Lipinski definition) is 1. The molecule has 0 fully saturated rings. The minimum Gasteiger partial charge on any atom is -0.480 e. The Morgan fingerprint density at radius 3 is 2.62 bits per heavy atom. The lowest BCUT2D eigenvalue weighted by Crippen LogP contribution is -2.31. The minimum atomic E-state index is -4.82. The van der Waals surface area contributed by atoms with Crippen LogP contribution in [0.3, 0.4) is 0 Å². The summed E-state index contributed by atoms with van der Waals surface area (Å²) in [5.74, 6) is -3.16. The molecule has 0 unspecified atom stereocenters. The Hall–Kier alpha value is -3.25. The number of rotatable bonds is 7. The quantitative estimate of drug-likeness (QED) is 0.478. The molecule has 182 valence electrons. The van der Waals surface area contributed by atoms with Crippen LogP contribution in [0.15, 0.2) is 35.3 Å². The maximum Gasteiger partial charge on any atom is 0.425 e. The largest absolute Gasteiger partial charge is 0.480 e. The third-order valence-electron chi connectivity index (χ3n) is 4.75. The molecule has 0 aliphatic carbocycles. The zero-order valence-corrected chi connectivity index (χ0v) is 18.5. The van der Waals surface area contributed by atoms with Gasteiger partial charge in [-0.2, -0.15) is 17.9 Å². The molecule has 0 aliphatic rings. The Labute approximate surface area is 194 Å². The van der Waals surface area contributed by atoms with Crippen molar-refractivity contribution in [3.8, 4) is 11.4 Å². The van der Waals surface area contributed by atoms with Gasteiger partial charge in [0.15, 0.2) is 11.9 Å². The summed E-state index contributed by atoms with van der Waals surface area (Å²) >= 11 is 5.94. The van der Waals surface area contributed by atoms with Crippen molar-refractivity contribution in [1.29, 1.82) is 0 Å². The summed E-state index contributed by atoms with van der Waals surface area (Å²) in [6, 6.07) is 4.21. The number of benzene rings is 1. The second kappa shape index (κ2) is 9.94. The topological polar surface area (TPSA) is 82.2 Å². The molecule has 0 spiro atoms. The van der Waals surface area contributed by atoms with Crippen LogP contribution in [0.2, 0.25) is 5.02 Å². The van der Waals surface area contributed by atoms with Gasteiger partial charge in [0.25, 0.3) is 0 Å². The summed E-state index contributed by atoms with van der Waals surface area (Å²) in [5.41, 5.74) is -2.16. The SMILES string of the molecule is CCn1c(CO)nn(-c2cc(O[C@@H](C)C(F)(F)F)c(/C(F)=C/c3ncccc3Cl)cc2F)c1=O.